The molecule has 22 heavy (non-hydrogen) atoms. The van der Waals surface area contributed by atoms with Crippen molar-refractivity contribution in [1.29, 1.82) is 0 Å². The van der Waals surface area contributed by atoms with Gasteiger partial charge in [0.2, 0.25) is 0 Å². The van der Waals surface area contributed by atoms with Gasteiger partial charge in [-0.05, 0) is 32.4 Å². The molecule has 0 aliphatic rings. The minimum absolute atomic E-state index is 0.154. The van der Waals surface area contributed by atoms with Gasteiger partial charge in [0.05, 0.1) is 30.8 Å². The van der Waals surface area contributed by atoms with Crippen LogP contribution in [0.2, 0.25) is 0 Å². The van der Waals surface area contributed by atoms with Gasteiger partial charge in [-0.25, -0.2) is 0 Å². The molecular formula is C15H24O6S. The fourth-order valence-corrected chi connectivity index (χ4v) is 2.70. The fourth-order valence-electron chi connectivity index (χ4n) is 1.59. The van der Waals surface area contributed by atoms with E-state index in [9.17, 15) is 8.42 Å². The van der Waals surface area contributed by atoms with Crippen molar-refractivity contribution in [2.75, 3.05) is 33.7 Å². The molecule has 1 atom stereocenters. The summed E-state index contributed by atoms with van der Waals surface area (Å²) in [5.74, 6) is 0. The standard InChI is InChI=1S/C15H24O6S/c1-13-4-6-15(7-5-13)22(16,17)21-14(2)8-9-19-12-20-11-10-18-3/h4-7,14H,8-12H2,1-3H3. The van der Waals surface area contributed by atoms with Crippen molar-refractivity contribution in [1.82, 2.24) is 0 Å². The second-order valence-corrected chi connectivity index (χ2v) is 6.46. The van der Waals surface area contributed by atoms with Crippen LogP contribution >= 0.6 is 0 Å². The molecule has 0 aromatic heterocycles. The Morgan fingerprint density at radius 2 is 1.68 bits per heavy atom. The summed E-state index contributed by atoms with van der Waals surface area (Å²) in [4.78, 5) is 0.161. The maximum atomic E-state index is 12.1. The largest absolute Gasteiger partial charge is 0.382 e. The molecule has 0 saturated carbocycles. The predicted octanol–water partition coefficient (Wildman–Crippen LogP) is 2.12. The molecule has 0 radical (unpaired) electrons. The molecule has 0 aliphatic heterocycles. The average molecular weight is 332 g/mol. The lowest BCUT2D eigenvalue weighted by atomic mass is 10.2. The van der Waals surface area contributed by atoms with E-state index in [0.717, 1.165) is 5.56 Å². The summed E-state index contributed by atoms with van der Waals surface area (Å²) in [7, 11) is -2.14. The Balaban J connectivity index is 2.29. The molecule has 0 N–H and O–H groups in total. The predicted molar refractivity (Wildman–Crippen MR) is 82.2 cm³/mol. The summed E-state index contributed by atoms with van der Waals surface area (Å²) in [6.07, 6.45) is -0.0103. The third-order valence-corrected chi connectivity index (χ3v) is 4.30. The molecular weight excluding hydrogens is 308 g/mol. The highest BCUT2D eigenvalue weighted by Gasteiger charge is 2.18. The maximum absolute atomic E-state index is 12.1. The molecule has 0 saturated heterocycles. The number of ether oxygens (including phenoxy) is 3. The van der Waals surface area contributed by atoms with Crippen LogP contribution < -0.4 is 0 Å². The first-order valence-corrected chi connectivity index (χ1v) is 8.51. The van der Waals surface area contributed by atoms with Crippen molar-refractivity contribution in [3.63, 3.8) is 0 Å². The number of hydrogen-bond acceptors (Lipinski definition) is 6. The monoisotopic (exact) mass is 332 g/mol. The third kappa shape index (κ3) is 7.33. The van der Waals surface area contributed by atoms with Crippen molar-refractivity contribution in [3.05, 3.63) is 29.8 Å². The second-order valence-electron chi connectivity index (χ2n) is 4.89. The number of benzene rings is 1. The highest BCUT2D eigenvalue weighted by Crippen LogP contribution is 2.16. The van der Waals surface area contributed by atoms with E-state index in [-0.39, 0.29) is 11.7 Å². The van der Waals surface area contributed by atoms with Crippen molar-refractivity contribution in [2.24, 2.45) is 0 Å². The number of rotatable bonds is 11. The van der Waals surface area contributed by atoms with Gasteiger partial charge >= 0.3 is 0 Å². The number of methoxy groups -OCH3 is 1. The van der Waals surface area contributed by atoms with Gasteiger partial charge in [0.25, 0.3) is 10.1 Å². The fraction of sp³-hybridized carbons (Fsp3) is 0.600. The molecule has 126 valence electrons. The van der Waals surface area contributed by atoms with Crippen LogP contribution in [-0.2, 0) is 28.5 Å². The van der Waals surface area contributed by atoms with Crippen LogP contribution in [0, 0.1) is 6.92 Å². The second kappa shape index (κ2) is 9.91. The summed E-state index contributed by atoms with van der Waals surface area (Å²) in [5.41, 5.74) is 0.994. The van der Waals surface area contributed by atoms with Gasteiger partial charge in [-0.15, -0.1) is 0 Å². The number of aryl methyl sites for hydroxylation is 1. The first-order valence-electron chi connectivity index (χ1n) is 7.10. The van der Waals surface area contributed by atoms with Crippen LogP contribution in [-0.4, -0.2) is 48.2 Å². The molecule has 0 amide bonds. The minimum Gasteiger partial charge on any atom is -0.382 e. The molecule has 1 unspecified atom stereocenters. The smallest absolute Gasteiger partial charge is 0.297 e. The molecule has 1 rings (SSSR count). The molecule has 1 aromatic rings. The van der Waals surface area contributed by atoms with E-state index >= 15 is 0 Å². The minimum atomic E-state index is -3.73. The van der Waals surface area contributed by atoms with E-state index in [4.69, 9.17) is 18.4 Å². The lowest BCUT2D eigenvalue weighted by molar-refractivity contribution is -0.0697. The van der Waals surface area contributed by atoms with Crippen LogP contribution in [0.15, 0.2) is 29.2 Å². The SMILES string of the molecule is COCCOCOCCC(C)OS(=O)(=O)c1ccc(C)cc1. The molecule has 1 aromatic carbocycles. The van der Waals surface area contributed by atoms with Gasteiger partial charge in [0.15, 0.2) is 0 Å². The van der Waals surface area contributed by atoms with Crippen molar-refractivity contribution in [2.45, 2.75) is 31.3 Å². The van der Waals surface area contributed by atoms with E-state index in [1.54, 1.807) is 26.2 Å². The normalized spacial score (nSPS) is 13.2. The van der Waals surface area contributed by atoms with Crippen molar-refractivity contribution < 1.29 is 26.8 Å². The molecule has 0 fully saturated rings. The van der Waals surface area contributed by atoms with Crippen LogP contribution in [0.25, 0.3) is 0 Å². The highest BCUT2D eigenvalue weighted by molar-refractivity contribution is 7.86. The lowest BCUT2D eigenvalue weighted by Crippen LogP contribution is -2.18. The van der Waals surface area contributed by atoms with Crippen LogP contribution in [0.4, 0.5) is 0 Å². The first-order chi connectivity index (χ1) is 10.5. The van der Waals surface area contributed by atoms with E-state index in [1.165, 1.54) is 12.1 Å². The van der Waals surface area contributed by atoms with Gasteiger partial charge in [-0.3, -0.25) is 4.18 Å². The quantitative estimate of drug-likeness (QED) is 0.351. The van der Waals surface area contributed by atoms with E-state index in [2.05, 4.69) is 0 Å². The molecule has 7 heteroatoms. The Labute approximate surface area is 132 Å². The third-order valence-electron chi connectivity index (χ3n) is 2.87. The zero-order valence-electron chi connectivity index (χ0n) is 13.3. The Morgan fingerprint density at radius 3 is 2.32 bits per heavy atom. The topological polar surface area (TPSA) is 71.1 Å². The Kier molecular flexibility index (Phi) is 8.59. The molecule has 0 spiro atoms. The zero-order valence-corrected chi connectivity index (χ0v) is 14.1. The molecule has 0 heterocycles. The Bertz CT molecular complexity index is 511. The Morgan fingerprint density at radius 1 is 1.05 bits per heavy atom. The van der Waals surface area contributed by atoms with Crippen LogP contribution in [0.3, 0.4) is 0 Å². The zero-order chi connectivity index (χ0) is 16.4. The highest BCUT2D eigenvalue weighted by atomic mass is 32.2. The molecule has 0 bridgehead atoms. The summed E-state index contributed by atoms with van der Waals surface area (Å²) >= 11 is 0. The van der Waals surface area contributed by atoms with Gasteiger partial charge in [0, 0.05) is 7.11 Å². The van der Waals surface area contributed by atoms with E-state index in [1.807, 2.05) is 6.92 Å². The first kappa shape index (κ1) is 19.1. The molecule has 0 aliphatic carbocycles. The summed E-state index contributed by atoms with van der Waals surface area (Å²) in [6, 6.07) is 6.55. The van der Waals surface area contributed by atoms with E-state index in [0.29, 0.717) is 26.2 Å². The van der Waals surface area contributed by atoms with Gasteiger partial charge in [-0.1, -0.05) is 17.7 Å². The van der Waals surface area contributed by atoms with Crippen LogP contribution in [0.5, 0.6) is 0 Å². The lowest BCUT2D eigenvalue weighted by Gasteiger charge is -2.13. The summed E-state index contributed by atoms with van der Waals surface area (Å²) < 4.78 is 44.4. The average Bonchev–Trinajstić information content (AvgIpc) is 2.46. The maximum Gasteiger partial charge on any atom is 0.297 e. The van der Waals surface area contributed by atoms with Gasteiger partial charge in [-0.2, -0.15) is 8.42 Å². The van der Waals surface area contributed by atoms with Crippen LogP contribution in [0.1, 0.15) is 18.9 Å². The summed E-state index contributed by atoms with van der Waals surface area (Å²) in [5, 5.41) is 0. The van der Waals surface area contributed by atoms with E-state index < -0.39 is 16.2 Å². The van der Waals surface area contributed by atoms with Crippen molar-refractivity contribution >= 4 is 10.1 Å². The van der Waals surface area contributed by atoms with Gasteiger partial charge < -0.3 is 14.2 Å². The number of hydrogen-bond donors (Lipinski definition) is 0. The Hall–Kier alpha value is -0.990. The summed E-state index contributed by atoms with van der Waals surface area (Å²) in [6.45, 7) is 5.08. The van der Waals surface area contributed by atoms with Crippen molar-refractivity contribution in [3.8, 4) is 0 Å². The van der Waals surface area contributed by atoms with Gasteiger partial charge in [0.1, 0.15) is 6.79 Å². The molecule has 6 nitrogen and oxygen atoms in total.